The molecule has 0 saturated carbocycles. The van der Waals surface area contributed by atoms with Crippen LogP contribution in [0.25, 0.3) is 0 Å². The van der Waals surface area contributed by atoms with E-state index in [0.29, 0.717) is 37.6 Å². The Bertz CT molecular complexity index is 1030. The number of amides is 1. The highest BCUT2D eigenvalue weighted by Gasteiger charge is 2.32. The van der Waals surface area contributed by atoms with Gasteiger partial charge in [-0.2, -0.15) is 4.31 Å². The number of hydrogen-bond acceptors (Lipinski definition) is 4. The van der Waals surface area contributed by atoms with Crippen LogP contribution in [-0.4, -0.2) is 56.3 Å². The lowest BCUT2D eigenvalue weighted by Crippen LogP contribution is -2.51. The Morgan fingerprint density at radius 2 is 1.52 bits per heavy atom. The van der Waals surface area contributed by atoms with Gasteiger partial charge in [-0.1, -0.05) is 18.2 Å². The quantitative estimate of drug-likeness (QED) is 0.739. The summed E-state index contributed by atoms with van der Waals surface area (Å²) in [5.41, 5.74) is 4.36. The molecule has 0 spiro atoms. The summed E-state index contributed by atoms with van der Waals surface area (Å²) in [6, 6.07) is 8.01. The lowest BCUT2D eigenvalue weighted by molar-refractivity contribution is -0.122. The van der Waals surface area contributed by atoms with E-state index >= 15 is 0 Å². The Kier molecular flexibility index (Phi) is 7.13. The molecule has 0 unspecified atom stereocenters. The van der Waals surface area contributed by atoms with Crippen molar-refractivity contribution in [3.8, 4) is 0 Å². The van der Waals surface area contributed by atoms with Gasteiger partial charge in [0.25, 0.3) is 0 Å². The highest BCUT2D eigenvalue weighted by atomic mass is 32.2. The van der Waals surface area contributed by atoms with Gasteiger partial charge in [-0.3, -0.25) is 9.69 Å². The van der Waals surface area contributed by atoms with Gasteiger partial charge < -0.3 is 5.32 Å². The molecule has 0 aliphatic carbocycles. The minimum absolute atomic E-state index is 0.137. The van der Waals surface area contributed by atoms with E-state index in [9.17, 15) is 17.6 Å². The predicted octanol–water partition coefficient (Wildman–Crippen LogP) is 2.68. The second-order valence-corrected chi connectivity index (χ2v) is 10.0. The highest BCUT2D eigenvalue weighted by Crippen LogP contribution is 2.29. The number of piperazine rings is 1. The maximum absolute atomic E-state index is 13.3. The summed E-state index contributed by atoms with van der Waals surface area (Å²) in [4.78, 5) is 14.6. The summed E-state index contributed by atoms with van der Waals surface area (Å²) in [6.45, 7) is 9.80. The SMILES string of the molecule is Cc1cc(C)c(C)c(S(=O)(=O)N2CCN(CC(=O)NCc3ccc(F)cc3)CC2)c1C. The number of carbonyl (C=O) groups is 1. The lowest BCUT2D eigenvalue weighted by Gasteiger charge is -2.34. The molecule has 8 heteroatoms. The van der Waals surface area contributed by atoms with Gasteiger partial charge in [0, 0.05) is 32.7 Å². The van der Waals surface area contributed by atoms with Gasteiger partial charge in [-0.25, -0.2) is 12.8 Å². The van der Waals surface area contributed by atoms with Crippen molar-refractivity contribution < 1.29 is 17.6 Å². The molecule has 6 nitrogen and oxygen atoms in total. The molecule has 1 N–H and O–H groups in total. The Labute approximate surface area is 184 Å². The number of aryl methyl sites for hydroxylation is 2. The summed E-state index contributed by atoms with van der Waals surface area (Å²) in [7, 11) is -3.59. The number of rotatable bonds is 6. The number of benzene rings is 2. The Balaban J connectivity index is 1.58. The van der Waals surface area contributed by atoms with E-state index in [0.717, 1.165) is 27.8 Å². The third-order valence-electron chi connectivity index (χ3n) is 6.00. The molecule has 1 aliphatic heterocycles. The average Bonchev–Trinajstić information content (AvgIpc) is 2.72. The molecule has 3 rings (SSSR count). The molecule has 1 fully saturated rings. The van der Waals surface area contributed by atoms with Crippen LogP contribution in [0.3, 0.4) is 0 Å². The summed E-state index contributed by atoms with van der Waals surface area (Å²) < 4.78 is 41.2. The van der Waals surface area contributed by atoms with E-state index in [4.69, 9.17) is 0 Å². The topological polar surface area (TPSA) is 69.7 Å². The largest absolute Gasteiger partial charge is 0.351 e. The summed E-state index contributed by atoms with van der Waals surface area (Å²) in [5.74, 6) is -0.448. The molecule has 1 saturated heterocycles. The van der Waals surface area contributed by atoms with E-state index in [1.165, 1.54) is 16.4 Å². The van der Waals surface area contributed by atoms with Crippen molar-refractivity contribution in [1.82, 2.24) is 14.5 Å². The van der Waals surface area contributed by atoms with Gasteiger partial charge in [0.05, 0.1) is 11.4 Å². The monoisotopic (exact) mass is 447 g/mol. The molecule has 31 heavy (non-hydrogen) atoms. The zero-order valence-electron chi connectivity index (χ0n) is 18.5. The number of sulfonamides is 1. The average molecular weight is 448 g/mol. The van der Waals surface area contributed by atoms with Crippen LogP contribution in [0, 0.1) is 33.5 Å². The second-order valence-electron chi connectivity index (χ2n) is 8.17. The number of nitrogens with zero attached hydrogens (tertiary/aromatic N) is 2. The van der Waals surface area contributed by atoms with Gasteiger partial charge in [0.15, 0.2) is 0 Å². The Morgan fingerprint density at radius 1 is 0.968 bits per heavy atom. The van der Waals surface area contributed by atoms with Crippen LogP contribution in [0.5, 0.6) is 0 Å². The molecule has 0 atom stereocenters. The smallest absolute Gasteiger partial charge is 0.243 e. The fourth-order valence-corrected chi connectivity index (χ4v) is 5.88. The van der Waals surface area contributed by atoms with Crippen molar-refractivity contribution in [2.75, 3.05) is 32.7 Å². The maximum Gasteiger partial charge on any atom is 0.243 e. The molecule has 1 aliphatic rings. The molecule has 1 heterocycles. The third kappa shape index (κ3) is 5.31. The van der Waals surface area contributed by atoms with Crippen LogP contribution in [0.2, 0.25) is 0 Å². The third-order valence-corrected chi connectivity index (χ3v) is 8.17. The molecule has 2 aromatic rings. The minimum Gasteiger partial charge on any atom is -0.351 e. The predicted molar refractivity (Wildman–Crippen MR) is 119 cm³/mol. The normalized spacial score (nSPS) is 15.8. The summed E-state index contributed by atoms with van der Waals surface area (Å²) in [6.07, 6.45) is 0. The first-order valence-corrected chi connectivity index (χ1v) is 11.8. The first kappa shape index (κ1) is 23.4. The fraction of sp³-hybridized carbons (Fsp3) is 0.435. The van der Waals surface area contributed by atoms with Crippen molar-refractivity contribution in [1.29, 1.82) is 0 Å². The van der Waals surface area contributed by atoms with E-state index in [1.807, 2.05) is 38.7 Å². The van der Waals surface area contributed by atoms with Gasteiger partial charge in [0.1, 0.15) is 5.82 Å². The minimum atomic E-state index is -3.59. The van der Waals surface area contributed by atoms with Crippen LogP contribution < -0.4 is 5.32 Å². The molecule has 168 valence electrons. The van der Waals surface area contributed by atoms with Gasteiger partial charge >= 0.3 is 0 Å². The second kappa shape index (κ2) is 9.46. The Morgan fingerprint density at radius 3 is 2.06 bits per heavy atom. The van der Waals surface area contributed by atoms with E-state index in [1.54, 1.807) is 12.1 Å². The van der Waals surface area contributed by atoms with Gasteiger partial charge in [-0.15, -0.1) is 0 Å². The standard InChI is InChI=1S/C23H30FN3O3S/c1-16-13-17(2)19(4)23(18(16)3)31(29,30)27-11-9-26(10-12-27)15-22(28)25-14-20-5-7-21(24)8-6-20/h5-8,13H,9-12,14-15H2,1-4H3,(H,25,28). The zero-order valence-corrected chi connectivity index (χ0v) is 19.4. The molecule has 2 aromatic carbocycles. The van der Waals surface area contributed by atoms with Gasteiger partial charge in [-0.05, 0) is 67.6 Å². The van der Waals surface area contributed by atoms with Crippen LogP contribution in [0.4, 0.5) is 4.39 Å². The summed E-state index contributed by atoms with van der Waals surface area (Å²) >= 11 is 0. The zero-order chi connectivity index (χ0) is 22.8. The first-order valence-electron chi connectivity index (χ1n) is 10.4. The number of carbonyl (C=O) groups excluding carboxylic acids is 1. The Hall–Kier alpha value is -2.29. The number of hydrogen-bond donors (Lipinski definition) is 1. The van der Waals surface area contributed by atoms with E-state index in [2.05, 4.69) is 5.32 Å². The molecular formula is C23H30FN3O3S. The fourth-order valence-electron chi connectivity index (χ4n) is 3.89. The first-order chi connectivity index (χ1) is 14.6. The number of nitrogens with one attached hydrogen (secondary N) is 1. The van der Waals surface area contributed by atoms with E-state index < -0.39 is 10.0 Å². The highest BCUT2D eigenvalue weighted by molar-refractivity contribution is 7.89. The van der Waals surface area contributed by atoms with Crippen molar-refractivity contribution in [2.24, 2.45) is 0 Å². The van der Waals surface area contributed by atoms with Crippen LogP contribution in [0.15, 0.2) is 35.2 Å². The lowest BCUT2D eigenvalue weighted by atomic mass is 10.0. The van der Waals surface area contributed by atoms with E-state index in [-0.39, 0.29) is 18.3 Å². The molecule has 0 bridgehead atoms. The van der Waals surface area contributed by atoms with Crippen molar-refractivity contribution in [3.63, 3.8) is 0 Å². The van der Waals surface area contributed by atoms with Crippen molar-refractivity contribution in [2.45, 2.75) is 39.1 Å². The van der Waals surface area contributed by atoms with Crippen molar-refractivity contribution >= 4 is 15.9 Å². The molecule has 0 aromatic heterocycles. The summed E-state index contributed by atoms with van der Waals surface area (Å²) in [5, 5.41) is 2.83. The van der Waals surface area contributed by atoms with Crippen molar-refractivity contribution in [3.05, 3.63) is 64.0 Å². The van der Waals surface area contributed by atoms with Crippen LogP contribution >= 0.6 is 0 Å². The molecule has 0 radical (unpaired) electrons. The molecule has 1 amide bonds. The molecular weight excluding hydrogens is 417 g/mol. The van der Waals surface area contributed by atoms with Crippen LogP contribution in [-0.2, 0) is 21.4 Å². The number of halogens is 1. The van der Waals surface area contributed by atoms with Gasteiger partial charge in [0.2, 0.25) is 15.9 Å². The van der Waals surface area contributed by atoms with Crippen LogP contribution in [0.1, 0.15) is 27.8 Å². The maximum atomic E-state index is 13.3.